The summed E-state index contributed by atoms with van der Waals surface area (Å²) in [6, 6.07) is 3.82. The number of thioether (sulfide) groups is 1. The van der Waals surface area contributed by atoms with E-state index in [4.69, 9.17) is 5.11 Å². The number of allylic oxidation sites excluding steroid dienone is 1. The normalized spacial score (nSPS) is 17.4. The molecule has 1 atom stereocenters. The van der Waals surface area contributed by atoms with Crippen molar-refractivity contribution >= 4 is 32.0 Å². The van der Waals surface area contributed by atoms with Crippen LogP contribution in [0.1, 0.15) is 29.5 Å². The first-order valence-corrected chi connectivity index (χ1v) is 8.76. The molecule has 0 amide bonds. The van der Waals surface area contributed by atoms with Gasteiger partial charge in [-0.1, -0.05) is 0 Å². The van der Waals surface area contributed by atoms with Gasteiger partial charge in [-0.05, 0) is 0 Å². The number of carbonyl (C=O) groups is 1. The molecule has 1 aliphatic heterocycles. The van der Waals surface area contributed by atoms with Crippen LogP contribution < -0.4 is 0 Å². The molecule has 2 rings (SSSR count). The van der Waals surface area contributed by atoms with E-state index in [1.807, 2.05) is 26.0 Å². The second-order valence-corrected chi connectivity index (χ2v) is 7.27. The molecule has 1 aromatic heterocycles. The molecule has 0 spiro atoms. The molecule has 3 nitrogen and oxygen atoms in total. The molecular weight excluding hydrogens is 313 g/mol. The van der Waals surface area contributed by atoms with Crippen molar-refractivity contribution in [1.82, 2.24) is 4.90 Å². The molecule has 0 radical (unpaired) electrons. The molecule has 18 heavy (non-hydrogen) atoms. The van der Waals surface area contributed by atoms with Crippen LogP contribution in [0.5, 0.6) is 0 Å². The molecule has 0 saturated carbocycles. The summed E-state index contributed by atoms with van der Waals surface area (Å²) < 4.78 is 0.961. The maximum atomic E-state index is 12.3. The summed E-state index contributed by atoms with van der Waals surface area (Å²) in [5.41, 5.74) is 1.15. The van der Waals surface area contributed by atoms with Gasteiger partial charge >= 0.3 is 118 Å². The summed E-state index contributed by atoms with van der Waals surface area (Å²) in [5.74, 6) is 1.06. The monoisotopic (exact) mass is 331 g/mol. The molecule has 1 unspecified atom stereocenters. The van der Waals surface area contributed by atoms with Crippen LogP contribution in [0.15, 0.2) is 27.7 Å². The predicted octanol–water partition coefficient (Wildman–Crippen LogP) is 1.93. The van der Waals surface area contributed by atoms with Crippen LogP contribution in [0, 0.1) is 0 Å². The molecule has 0 aliphatic carbocycles. The van der Waals surface area contributed by atoms with E-state index < -0.39 is 0 Å². The molecule has 0 aromatic carbocycles. The quantitative estimate of drug-likeness (QED) is 0.662. The van der Waals surface area contributed by atoms with Gasteiger partial charge in [-0.2, -0.15) is 0 Å². The number of hydrogen-bond donors (Lipinski definition) is 1. The van der Waals surface area contributed by atoms with Gasteiger partial charge < -0.3 is 0 Å². The van der Waals surface area contributed by atoms with E-state index in [0.29, 0.717) is 6.42 Å². The molecular formula is C13H17NO2SSe. The zero-order chi connectivity index (χ0) is 13.1. The van der Waals surface area contributed by atoms with Crippen LogP contribution in [0.4, 0.5) is 0 Å². The van der Waals surface area contributed by atoms with Crippen molar-refractivity contribution in [3.05, 3.63) is 32.1 Å². The second-order valence-electron chi connectivity index (χ2n) is 4.24. The molecule has 98 valence electrons. The van der Waals surface area contributed by atoms with Crippen molar-refractivity contribution in [3.63, 3.8) is 0 Å². The minimum atomic E-state index is -0.0956. The van der Waals surface area contributed by atoms with Crippen molar-refractivity contribution < 1.29 is 9.90 Å². The van der Waals surface area contributed by atoms with E-state index in [0.717, 1.165) is 16.0 Å². The SMILES string of the molecule is CC1=C(CCO)SCN1C(C)C(=O)c1ccc[se]1. The molecule has 1 N–H and O–H groups in total. The number of nitrogens with zero attached hydrogens (tertiary/aromatic N) is 1. The third-order valence-electron chi connectivity index (χ3n) is 3.16. The Morgan fingerprint density at radius 2 is 2.44 bits per heavy atom. The summed E-state index contributed by atoms with van der Waals surface area (Å²) in [6.07, 6.45) is 0.697. The van der Waals surface area contributed by atoms with E-state index in [2.05, 4.69) is 9.84 Å². The topological polar surface area (TPSA) is 40.5 Å². The summed E-state index contributed by atoms with van der Waals surface area (Å²) >= 11 is 1.95. The number of ketones is 1. The van der Waals surface area contributed by atoms with Gasteiger partial charge in [0.15, 0.2) is 0 Å². The van der Waals surface area contributed by atoms with Crippen molar-refractivity contribution in [2.24, 2.45) is 0 Å². The van der Waals surface area contributed by atoms with Gasteiger partial charge in [-0.15, -0.1) is 0 Å². The van der Waals surface area contributed by atoms with Gasteiger partial charge in [0.25, 0.3) is 0 Å². The number of Topliss-reactive ketones (excluding diaryl/α,β-unsaturated/α-hetero) is 1. The van der Waals surface area contributed by atoms with Crippen molar-refractivity contribution in [2.45, 2.75) is 26.3 Å². The summed E-state index contributed by atoms with van der Waals surface area (Å²) in [5, 5.41) is 9.00. The molecule has 0 fully saturated rings. The Balaban J connectivity index is 2.11. The zero-order valence-electron chi connectivity index (χ0n) is 10.5. The number of rotatable bonds is 5. The van der Waals surface area contributed by atoms with Crippen LogP contribution in [-0.2, 0) is 0 Å². The molecule has 1 aliphatic rings. The number of hydrogen-bond acceptors (Lipinski definition) is 4. The first-order valence-electron chi connectivity index (χ1n) is 5.93. The van der Waals surface area contributed by atoms with Gasteiger partial charge in [0, 0.05) is 0 Å². The van der Waals surface area contributed by atoms with Gasteiger partial charge in [0.2, 0.25) is 0 Å². The predicted molar refractivity (Wildman–Crippen MR) is 75.9 cm³/mol. The maximum absolute atomic E-state index is 12.3. The third kappa shape index (κ3) is 2.75. The van der Waals surface area contributed by atoms with E-state index in [1.165, 1.54) is 4.91 Å². The van der Waals surface area contributed by atoms with E-state index in [1.54, 1.807) is 11.8 Å². The van der Waals surface area contributed by atoms with E-state index in [-0.39, 0.29) is 32.9 Å². The van der Waals surface area contributed by atoms with Gasteiger partial charge in [0.05, 0.1) is 0 Å². The Hall–Kier alpha value is -0.481. The zero-order valence-corrected chi connectivity index (χ0v) is 13.1. The van der Waals surface area contributed by atoms with Gasteiger partial charge in [0.1, 0.15) is 0 Å². The molecule has 0 saturated heterocycles. The molecule has 5 heteroatoms. The fourth-order valence-electron chi connectivity index (χ4n) is 2.03. The minimum absolute atomic E-state index is 0.0956. The Bertz CT molecular complexity index is 456. The van der Waals surface area contributed by atoms with Gasteiger partial charge in [-0.3, -0.25) is 0 Å². The standard InChI is InChI=1S/C13H17NO2SSe/c1-9-11(5-6-15)17-8-14(9)10(2)13(16)12-4-3-7-18-12/h3-4,7,10,15H,5-6,8H2,1-2H3. The van der Waals surface area contributed by atoms with Crippen molar-refractivity contribution in [3.8, 4) is 0 Å². The Kier molecular flexibility index (Phi) is 4.73. The number of aliphatic hydroxyl groups is 1. The fraction of sp³-hybridized carbons (Fsp3) is 0.462. The fourth-order valence-corrected chi connectivity index (χ4v) is 4.87. The summed E-state index contributed by atoms with van der Waals surface area (Å²) in [4.78, 5) is 17.8. The number of aliphatic hydroxyl groups excluding tert-OH is 1. The third-order valence-corrected chi connectivity index (χ3v) is 6.27. The molecule has 0 bridgehead atoms. The Morgan fingerprint density at radius 1 is 1.67 bits per heavy atom. The summed E-state index contributed by atoms with van der Waals surface area (Å²) in [7, 11) is 0. The van der Waals surface area contributed by atoms with Gasteiger partial charge in [-0.25, -0.2) is 0 Å². The van der Waals surface area contributed by atoms with Crippen LogP contribution in [0.25, 0.3) is 0 Å². The van der Waals surface area contributed by atoms with Crippen molar-refractivity contribution in [1.29, 1.82) is 0 Å². The van der Waals surface area contributed by atoms with Crippen LogP contribution >= 0.6 is 11.8 Å². The van der Waals surface area contributed by atoms with E-state index in [9.17, 15) is 4.79 Å². The second kappa shape index (κ2) is 6.11. The number of carbonyl (C=O) groups excluding carboxylic acids is 1. The van der Waals surface area contributed by atoms with Crippen LogP contribution in [0.2, 0.25) is 0 Å². The van der Waals surface area contributed by atoms with Crippen LogP contribution in [0.3, 0.4) is 0 Å². The van der Waals surface area contributed by atoms with E-state index >= 15 is 0 Å². The molecule has 2 heterocycles. The van der Waals surface area contributed by atoms with Crippen molar-refractivity contribution in [2.75, 3.05) is 12.5 Å². The molecule has 1 aromatic rings. The average molecular weight is 330 g/mol. The first-order chi connectivity index (χ1) is 8.65. The Morgan fingerprint density at radius 3 is 3.06 bits per heavy atom. The first kappa shape index (κ1) is 13.9. The average Bonchev–Trinajstić information content (AvgIpc) is 2.99. The van der Waals surface area contributed by atoms with Crippen LogP contribution in [-0.4, -0.2) is 48.8 Å². The summed E-state index contributed by atoms with van der Waals surface area (Å²) in [6.45, 7) is 4.19. The Labute approximate surface area is 118 Å².